The summed E-state index contributed by atoms with van der Waals surface area (Å²) in [5, 5.41) is 0. The summed E-state index contributed by atoms with van der Waals surface area (Å²) in [6.07, 6.45) is 5.85. The zero-order valence-corrected chi connectivity index (χ0v) is 14.1. The molecule has 1 N–H and O–H groups in total. The number of carbonyl (C=O) groups excluding carboxylic acids is 1. The molecule has 0 unspecified atom stereocenters. The summed E-state index contributed by atoms with van der Waals surface area (Å²) in [6.45, 7) is 2.83. The standard InChI is InChI=1S/C14H28N2O4S/c1-4-12-5-7-13(8-6-12)11-15-21(18,19)16(2)10-9-14(17)20-3/h12-13,15H,4-11H2,1-3H3. The van der Waals surface area contributed by atoms with Crippen LogP contribution in [0.15, 0.2) is 0 Å². The van der Waals surface area contributed by atoms with E-state index in [0.717, 1.165) is 18.8 Å². The van der Waals surface area contributed by atoms with Crippen molar-refractivity contribution in [3.8, 4) is 0 Å². The van der Waals surface area contributed by atoms with Gasteiger partial charge in [-0.25, -0.2) is 4.72 Å². The molecule has 0 amide bonds. The molecule has 1 rings (SSSR count). The molecular formula is C14H28N2O4S. The number of ether oxygens (including phenoxy) is 1. The van der Waals surface area contributed by atoms with Gasteiger partial charge in [0.1, 0.15) is 0 Å². The Morgan fingerprint density at radius 3 is 2.33 bits per heavy atom. The van der Waals surface area contributed by atoms with Crippen LogP contribution in [0.4, 0.5) is 0 Å². The fourth-order valence-corrected chi connectivity index (χ4v) is 3.65. The quantitative estimate of drug-likeness (QED) is 0.688. The molecular weight excluding hydrogens is 292 g/mol. The van der Waals surface area contributed by atoms with Crippen molar-refractivity contribution in [1.82, 2.24) is 9.03 Å². The van der Waals surface area contributed by atoms with Crippen LogP contribution in [-0.2, 0) is 19.7 Å². The molecule has 1 aliphatic rings. The van der Waals surface area contributed by atoms with E-state index in [9.17, 15) is 13.2 Å². The largest absolute Gasteiger partial charge is 0.469 e. The van der Waals surface area contributed by atoms with Crippen molar-refractivity contribution in [2.45, 2.75) is 45.4 Å². The van der Waals surface area contributed by atoms with Gasteiger partial charge in [0.15, 0.2) is 0 Å². The molecule has 21 heavy (non-hydrogen) atoms. The molecule has 1 saturated carbocycles. The van der Waals surface area contributed by atoms with Crippen LogP contribution in [0.5, 0.6) is 0 Å². The summed E-state index contributed by atoms with van der Waals surface area (Å²) in [6, 6.07) is 0. The summed E-state index contributed by atoms with van der Waals surface area (Å²) < 4.78 is 32.4. The first-order chi connectivity index (χ1) is 9.89. The van der Waals surface area contributed by atoms with Crippen LogP contribution >= 0.6 is 0 Å². The Kier molecular flexibility index (Phi) is 7.62. The number of nitrogens with zero attached hydrogens (tertiary/aromatic N) is 1. The van der Waals surface area contributed by atoms with Crippen molar-refractivity contribution in [2.24, 2.45) is 11.8 Å². The van der Waals surface area contributed by atoms with Gasteiger partial charge >= 0.3 is 5.97 Å². The molecule has 0 aliphatic heterocycles. The summed E-state index contributed by atoms with van der Waals surface area (Å²) >= 11 is 0. The van der Waals surface area contributed by atoms with Crippen molar-refractivity contribution < 1.29 is 17.9 Å². The number of hydrogen-bond acceptors (Lipinski definition) is 4. The van der Waals surface area contributed by atoms with E-state index in [1.807, 2.05) is 0 Å². The number of carbonyl (C=O) groups is 1. The molecule has 0 radical (unpaired) electrons. The first kappa shape index (κ1) is 18.4. The second kappa shape index (κ2) is 8.70. The highest BCUT2D eigenvalue weighted by Crippen LogP contribution is 2.30. The third-order valence-corrected chi connectivity index (χ3v) is 5.90. The monoisotopic (exact) mass is 320 g/mol. The lowest BCUT2D eigenvalue weighted by Crippen LogP contribution is -2.41. The lowest BCUT2D eigenvalue weighted by atomic mass is 9.81. The number of nitrogens with one attached hydrogen (secondary N) is 1. The molecule has 1 fully saturated rings. The van der Waals surface area contributed by atoms with Crippen LogP contribution in [0.3, 0.4) is 0 Å². The van der Waals surface area contributed by atoms with Gasteiger partial charge in [0.2, 0.25) is 0 Å². The fourth-order valence-electron chi connectivity index (χ4n) is 2.65. The van der Waals surface area contributed by atoms with Crippen LogP contribution in [-0.4, -0.2) is 45.9 Å². The Balaban J connectivity index is 2.33. The van der Waals surface area contributed by atoms with Crippen LogP contribution in [0, 0.1) is 11.8 Å². The zero-order valence-electron chi connectivity index (χ0n) is 13.3. The van der Waals surface area contributed by atoms with Crippen molar-refractivity contribution >= 4 is 16.2 Å². The van der Waals surface area contributed by atoms with Gasteiger partial charge in [0.05, 0.1) is 13.5 Å². The van der Waals surface area contributed by atoms with Crippen LogP contribution in [0.25, 0.3) is 0 Å². The SMILES string of the molecule is CCC1CCC(CNS(=O)(=O)N(C)CCC(=O)OC)CC1. The minimum Gasteiger partial charge on any atom is -0.469 e. The van der Waals surface area contributed by atoms with Gasteiger partial charge in [-0.05, 0) is 24.7 Å². The third-order valence-electron chi connectivity index (χ3n) is 4.37. The van der Waals surface area contributed by atoms with Gasteiger partial charge in [-0.2, -0.15) is 12.7 Å². The Bertz CT molecular complexity index is 417. The average molecular weight is 320 g/mol. The number of methoxy groups -OCH3 is 1. The lowest BCUT2D eigenvalue weighted by Gasteiger charge is -2.28. The third kappa shape index (κ3) is 6.32. The summed E-state index contributed by atoms with van der Waals surface area (Å²) in [5.41, 5.74) is 0. The summed E-state index contributed by atoms with van der Waals surface area (Å²) in [5.74, 6) is 0.826. The molecule has 124 valence electrons. The Morgan fingerprint density at radius 1 is 1.24 bits per heavy atom. The Labute approximate surface area is 128 Å². The summed E-state index contributed by atoms with van der Waals surface area (Å²) in [7, 11) is -0.742. The van der Waals surface area contributed by atoms with Crippen molar-refractivity contribution in [2.75, 3.05) is 27.2 Å². The van der Waals surface area contributed by atoms with E-state index >= 15 is 0 Å². The van der Waals surface area contributed by atoms with Crippen molar-refractivity contribution in [3.05, 3.63) is 0 Å². The van der Waals surface area contributed by atoms with Crippen LogP contribution < -0.4 is 4.72 Å². The van der Waals surface area contributed by atoms with Gasteiger partial charge in [-0.15, -0.1) is 0 Å². The molecule has 0 spiro atoms. The van der Waals surface area contributed by atoms with E-state index in [-0.39, 0.29) is 13.0 Å². The van der Waals surface area contributed by atoms with Gasteiger partial charge in [0.25, 0.3) is 10.2 Å². The zero-order chi connectivity index (χ0) is 15.9. The number of esters is 1. The van der Waals surface area contributed by atoms with Crippen LogP contribution in [0.1, 0.15) is 45.4 Å². The average Bonchev–Trinajstić information content (AvgIpc) is 2.50. The van der Waals surface area contributed by atoms with Gasteiger partial charge in [0, 0.05) is 20.1 Å². The molecule has 0 aromatic rings. The maximum Gasteiger partial charge on any atom is 0.306 e. The minimum atomic E-state index is -3.51. The fraction of sp³-hybridized carbons (Fsp3) is 0.929. The molecule has 0 bridgehead atoms. The molecule has 7 heteroatoms. The lowest BCUT2D eigenvalue weighted by molar-refractivity contribution is -0.140. The van der Waals surface area contributed by atoms with E-state index < -0.39 is 16.2 Å². The minimum absolute atomic E-state index is 0.0650. The molecule has 0 aromatic heterocycles. The van der Waals surface area contributed by atoms with Crippen molar-refractivity contribution in [1.29, 1.82) is 0 Å². The topological polar surface area (TPSA) is 75.7 Å². The van der Waals surface area contributed by atoms with E-state index in [2.05, 4.69) is 16.4 Å². The molecule has 1 aliphatic carbocycles. The molecule has 0 aromatic carbocycles. The number of rotatable bonds is 8. The second-order valence-corrected chi connectivity index (χ2v) is 7.66. The Morgan fingerprint density at radius 2 is 1.81 bits per heavy atom. The molecule has 0 heterocycles. The maximum absolute atomic E-state index is 12.1. The maximum atomic E-state index is 12.1. The van der Waals surface area contributed by atoms with E-state index in [1.165, 1.54) is 37.7 Å². The predicted molar refractivity (Wildman–Crippen MR) is 81.9 cm³/mol. The Hall–Kier alpha value is -0.660. The highest BCUT2D eigenvalue weighted by Gasteiger charge is 2.23. The summed E-state index contributed by atoms with van der Waals surface area (Å²) in [4.78, 5) is 11.0. The van der Waals surface area contributed by atoms with Gasteiger partial charge in [-0.3, -0.25) is 4.79 Å². The van der Waals surface area contributed by atoms with E-state index in [4.69, 9.17) is 0 Å². The molecule has 0 atom stereocenters. The second-order valence-electron chi connectivity index (χ2n) is 5.80. The van der Waals surface area contributed by atoms with E-state index in [1.54, 1.807) is 0 Å². The first-order valence-electron chi connectivity index (χ1n) is 7.66. The smallest absolute Gasteiger partial charge is 0.306 e. The highest BCUT2D eigenvalue weighted by molar-refractivity contribution is 7.87. The van der Waals surface area contributed by atoms with Gasteiger partial charge < -0.3 is 4.74 Å². The van der Waals surface area contributed by atoms with Crippen molar-refractivity contribution in [3.63, 3.8) is 0 Å². The highest BCUT2D eigenvalue weighted by atomic mass is 32.2. The first-order valence-corrected chi connectivity index (χ1v) is 9.10. The predicted octanol–water partition coefficient (Wildman–Crippen LogP) is 1.53. The van der Waals surface area contributed by atoms with E-state index in [0.29, 0.717) is 12.5 Å². The van der Waals surface area contributed by atoms with Gasteiger partial charge in [-0.1, -0.05) is 26.2 Å². The molecule has 6 nitrogen and oxygen atoms in total. The number of hydrogen-bond donors (Lipinski definition) is 1. The van der Waals surface area contributed by atoms with Crippen LogP contribution in [0.2, 0.25) is 0 Å². The normalized spacial score (nSPS) is 23.2. The molecule has 0 saturated heterocycles.